The molecule has 2 saturated carbocycles. The van der Waals surface area contributed by atoms with E-state index in [9.17, 15) is 4.79 Å². The second kappa shape index (κ2) is 10.9. The maximum atomic E-state index is 12.4. The fourth-order valence-corrected chi connectivity index (χ4v) is 4.38. The third kappa shape index (κ3) is 6.28. The van der Waals surface area contributed by atoms with Crippen molar-refractivity contribution < 1.29 is 14.3 Å². The molecule has 0 radical (unpaired) electrons. The lowest BCUT2D eigenvalue weighted by Gasteiger charge is -2.30. The van der Waals surface area contributed by atoms with Crippen molar-refractivity contribution in [3.63, 3.8) is 0 Å². The van der Waals surface area contributed by atoms with Gasteiger partial charge in [0.05, 0.1) is 28.9 Å². The first kappa shape index (κ1) is 24.2. The van der Waals surface area contributed by atoms with E-state index in [0.29, 0.717) is 35.5 Å². The predicted octanol–water partition coefficient (Wildman–Crippen LogP) is 3.65. The molecule has 1 amide bonds. The number of carbonyl (C=O) groups excluding carboxylic acids is 1. The summed E-state index contributed by atoms with van der Waals surface area (Å²) < 4.78 is 11.7. The summed E-state index contributed by atoms with van der Waals surface area (Å²) in [6.07, 6.45) is 8.07. The van der Waals surface area contributed by atoms with Crippen molar-refractivity contribution in [2.45, 2.75) is 64.9 Å². The van der Waals surface area contributed by atoms with Gasteiger partial charge in [-0.05, 0) is 63.0 Å². The molecule has 32 heavy (non-hydrogen) atoms. The number of carbonyl (C=O) groups is 1. The molecule has 2 aliphatic carbocycles. The van der Waals surface area contributed by atoms with Crippen LogP contribution in [0.4, 0.5) is 4.79 Å². The van der Waals surface area contributed by atoms with Gasteiger partial charge >= 0.3 is 6.09 Å². The number of aryl methyl sites for hydroxylation is 1. The molecule has 8 nitrogen and oxygen atoms in total. The van der Waals surface area contributed by atoms with Gasteiger partial charge in [0, 0.05) is 20.6 Å². The zero-order valence-corrected chi connectivity index (χ0v) is 20.0. The number of hydrazine groups is 1. The van der Waals surface area contributed by atoms with E-state index >= 15 is 0 Å². The van der Waals surface area contributed by atoms with Gasteiger partial charge in [-0.3, -0.25) is 0 Å². The Kier molecular flexibility index (Phi) is 8.23. The maximum Gasteiger partial charge on any atom is 0.409 e. The number of hydrogen-bond donors (Lipinski definition) is 2. The Hall–Kier alpha value is -2.48. The Morgan fingerprint density at radius 2 is 1.91 bits per heavy atom. The van der Waals surface area contributed by atoms with Gasteiger partial charge in [-0.15, -0.1) is 0 Å². The molecule has 2 fully saturated rings. The Balaban J connectivity index is 1.65. The van der Waals surface area contributed by atoms with E-state index in [-0.39, 0.29) is 18.8 Å². The summed E-state index contributed by atoms with van der Waals surface area (Å²) in [6.45, 7) is 4.89. The monoisotopic (exact) mass is 445 g/mol. The molecule has 2 aliphatic rings. The highest BCUT2D eigenvalue weighted by Gasteiger charge is 2.23. The molecule has 3 rings (SSSR count). The molecule has 2 unspecified atom stereocenters. The van der Waals surface area contributed by atoms with Crippen LogP contribution in [0.25, 0.3) is 5.70 Å². The SMILES string of the molecule is Cc1nc(/C(N)=C(\COC(=O)N(C)CC2CCC2)N(C)N)ccc1OC1CCCC(C)C1. The first-order valence-electron chi connectivity index (χ1n) is 11.7. The lowest BCUT2D eigenvalue weighted by Crippen LogP contribution is -2.37. The molecule has 0 spiro atoms. The van der Waals surface area contributed by atoms with Crippen LogP contribution < -0.4 is 16.3 Å². The summed E-state index contributed by atoms with van der Waals surface area (Å²) in [5, 5.41) is 1.37. The van der Waals surface area contributed by atoms with Crippen LogP contribution in [-0.4, -0.2) is 54.3 Å². The number of pyridine rings is 1. The average molecular weight is 446 g/mol. The minimum Gasteiger partial charge on any atom is -0.489 e. The third-order valence-electron chi connectivity index (χ3n) is 6.63. The fraction of sp³-hybridized carbons (Fsp3) is 0.667. The summed E-state index contributed by atoms with van der Waals surface area (Å²) in [4.78, 5) is 18.6. The number of likely N-dealkylation sites (N-methyl/N-ethyl adjacent to an activating group) is 1. The topological polar surface area (TPSA) is 107 Å². The van der Waals surface area contributed by atoms with Gasteiger partial charge < -0.3 is 25.1 Å². The first-order valence-corrected chi connectivity index (χ1v) is 11.7. The van der Waals surface area contributed by atoms with Gasteiger partial charge in [0.15, 0.2) is 0 Å². The van der Waals surface area contributed by atoms with Crippen molar-refractivity contribution in [3.05, 3.63) is 29.2 Å². The number of rotatable bonds is 8. The Labute approximate surface area is 191 Å². The zero-order valence-electron chi connectivity index (χ0n) is 20.0. The molecular formula is C24H39N5O3. The van der Waals surface area contributed by atoms with E-state index in [2.05, 4.69) is 11.9 Å². The van der Waals surface area contributed by atoms with Crippen molar-refractivity contribution in [3.8, 4) is 5.75 Å². The molecule has 1 aromatic rings. The van der Waals surface area contributed by atoms with E-state index in [1.165, 1.54) is 37.1 Å². The van der Waals surface area contributed by atoms with E-state index in [0.717, 1.165) is 24.3 Å². The van der Waals surface area contributed by atoms with Crippen molar-refractivity contribution in [1.82, 2.24) is 14.9 Å². The predicted molar refractivity (Wildman–Crippen MR) is 125 cm³/mol. The third-order valence-corrected chi connectivity index (χ3v) is 6.63. The highest BCUT2D eigenvalue weighted by molar-refractivity contribution is 5.68. The number of aromatic nitrogens is 1. The highest BCUT2D eigenvalue weighted by Crippen LogP contribution is 2.29. The fourth-order valence-electron chi connectivity index (χ4n) is 4.38. The molecule has 4 N–H and O–H groups in total. The highest BCUT2D eigenvalue weighted by atomic mass is 16.6. The van der Waals surface area contributed by atoms with E-state index in [1.807, 2.05) is 19.1 Å². The zero-order chi connectivity index (χ0) is 23.3. The van der Waals surface area contributed by atoms with Crippen molar-refractivity contribution in [2.24, 2.45) is 23.4 Å². The Morgan fingerprint density at radius 1 is 1.19 bits per heavy atom. The summed E-state index contributed by atoms with van der Waals surface area (Å²) in [5.74, 6) is 8.05. The minimum absolute atomic E-state index is 0.0222. The van der Waals surface area contributed by atoms with E-state index < -0.39 is 0 Å². The summed E-state index contributed by atoms with van der Waals surface area (Å²) >= 11 is 0. The number of nitrogens with two attached hydrogens (primary N) is 2. The number of nitrogens with zero attached hydrogens (tertiary/aromatic N) is 3. The molecule has 0 bridgehead atoms. The van der Waals surface area contributed by atoms with Crippen molar-refractivity contribution >= 4 is 11.8 Å². The standard InChI is InChI=1S/C24H39N5O3/c1-16-7-5-10-19(13-16)32-22-12-11-20(27-17(22)2)23(25)21(29(4)26)15-31-24(30)28(3)14-18-8-6-9-18/h11-12,16,18-19H,5-10,13-15,25-26H2,1-4H3/b23-21-. The molecule has 0 aliphatic heterocycles. The van der Waals surface area contributed by atoms with Crippen LogP contribution in [-0.2, 0) is 4.74 Å². The second-order valence-electron chi connectivity index (χ2n) is 9.49. The summed E-state index contributed by atoms with van der Waals surface area (Å²) in [7, 11) is 3.43. The van der Waals surface area contributed by atoms with Crippen LogP contribution in [0, 0.1) is 18.8 Å². The lowest BCUT2D eigenvalue weighted by molar-refractivity contribution is 0.101. The van der Waals surface area contributed by atoms with Crippen LogP contribution in [0.5, 0.6) is 5.75 Å². The first-order chi connectivity index (χ1) is 15.2. The van der Waals surface area contributed by atoms with Gasteiger partial charge in [-0.2, -0.15) is 0 Å². The van der Waals surface area contributed by atoms with Gasteiger partial charge in [-0.1, -0.05) is 19.8 Å². The molecule has 0 aromatic carbocycles. The van der Waals surface area contributed by atoms with Gasteiger partial charge in [0.2, 0.25) is 0 Å². The molecule has 178 valence electrons. The van der Waals surface area contributed by atoms with Crippen LogP contribution in [0.1, 0.15) is 63.3 Å². The molecule has 0 saturated heterocycles. The quantitative estimate of drug-likeness (QED) is 0.464. The molecular weight excluding hydrogens is 406 g/mol. The van der Waals surface area contributed by atoms with Crippen molar-refractivity contribution in [2.75, 3.05) is 27.2 Å². The van der Waals surface area contributed by atoms with E-state index in [1.54, 1.807) is 19.0 Å². The minimum atomic E-state index is -0.376. The van der Waals surface area contributed by atoms with Crippen LogP contribution >= 0.6 is 0 Å². The number of amides is 1. The Morgan fingerprint density at radius 3 is 2.50 bits per heavy atom. The van der Waals surface area contributed by atoms with Crippen LogP contribution in [0.15, 0.2) is 17.8 Å². The lowest BCUT2D eigenvalue weighted by atomic mass is 9.85. The number of ether oxygens (including phenoxy) is 2. The van der Waals surface area contributed by atoms with Crippen LogP contribution in [0.2, 0.25) is 0 Å². The van der Waals surface area contributed by atoms with Crippen LogP contribution in [0.3, 0.4) is 0 Å². The molecule has 2 atom stereocenters. The average Bonchev–Trinajstić information content (AvgIpc) is 2.71. The van der Waals surface area contributed by atoms with Gasteiger partial charge in [-0.25, -0.2) is 15.6 Å². The summed E-state index contributed by atoms with van der Waals surface area (Å²) in [6, 6.07) is 3.74. The molecule has 1 heterocycles. The number of hydrogen-bond acceptors (Lipinski definition) is 7. The van der Waals surface area contributed by atoms with E-state index in [4.69, 9.17) is 21.1 Å². The second-order valence-corrected chi connectivity index (χ2v) is 9.49. The smallest absolute Gasteiger partial charge is 0.409 e. The summed E-state index contributed by atoms with van der Waals surface area (Å²) in [5.41, 5.74) is 8.62. The molecule has 8 heteroatoms. The Bertz CT molecular complexity index is 822. The van der Waals surface area contributed by atoms with Crippen molar-refractivity contribution in [1.29, 1.82) is 0 Å². The largest absolute Gasteiger partial charge is 0.489 e. The normalized spacial score (nSPS) is 21.9. The van der Waals surface area contributed by atoms with Gasteiger partial charge in [0.1, 0.15) is 12.4 Å². The van der Waals surface area contributed by atoms with Gasteiger partial charge in [0.25, 0.3) is 0 Å². The maximum absolute atomic E-state index is 12.4. The molecule has 1 aromatic heterocycles.